The molecule has 0 saturated heterocycles. The van der Waals surface area contributed by atoms with Gasteiger partial charge in [-0.2, -0.15) is 0 Å². The van der Waals surface area contributed by atoms with Crippen molar-refractivity contribution >= 4 is 0 Å². The average Bonchev–Trinajstić information content (AvgIpc) is 2.33. The van der Waals surface area contributed by atoms with Crippen molar-refractivity contribution in [1.82, 2.24) is 0 Å². The van der Waals surface area contributed by atoms with Gasteiger partial charge in [-0.1, -0.05) is 19.1 Å². The molecular formula is C16H26O2. The van der Waals surface area contributed by atoms with Crippen LogP contribution in [0.3, 0.4) is 0 Å². The monoisotopic (exact) mass is 250 g/mol. The van der Waals surface area contributed by atoms with Crippen LogP contribution in [0.4, 0.5) is 0 Å². The molecule has 1 N–H and O–H groups in total. The molecule has 0 radical (unpaired) electrons. The van der Waals surface area contributed by atoms with Crippen LogP contribution < -0.4 is 0 Å². The van der Waals surface area contributed by atoms with Crippen molar-refractivity contribution in [3.8, 4) is 0 Å². The lowest BCUT2D eigenvalue weighted by Gasteiger charge is -2.34. The first-order chi connectivity index (χ1) is 8.35. The standard InChI is InChI=1S/C16H26O2/c1-7-16(6,18-8-2)15(17)14-10-12(4)11(3)9-13(14)5/h9-10,15,17H,7-8H2,1-6H3. The first-order valence-corrected chi connectivity index (χ1v) is 6.75. The fourth-order valence-electron chi connectivity index (χ4n) is 2.31. The molecule has 2 nitrogen and oxygen atoms in total. The second-order valence-corrected chi connectivity index (χ2v) is 5.29. The van der Waals surface area contributed by atoms with Gasteiger partial charge in [0, 0.05) is 6.61 Å². The molecule has 2 atom stereocenters. The number of hydrogen-bond donors (Lipinski definition) is 1. The maximum absolute atomic E-state index is 10.6. The third-order valence-electron chi connectivity index (χ3n) is 3.93. The molecule has 0 saturated carbocycles. The Labute approximate surface area is 111 Å². The Kier molecular flexibility index (Phi) is 4.94. The lowest BCUT2D eigenvalue weighted by atomic mass is 9.86. The Bertz CT molecular complexity index is 412. The molecule has 102 valence electrons. The fourth-order valence-corrected chi connectivity index (χ4v) is 2.31. The van der Waals surface area contributed by atoms with Crippen molar-refractivity contribution in [2.24, 2.45) is 0 Å². The van der Waals surface area contributed by atoms with Gasteiger partial charge in [0.15, 0.2) is 0 Å². The van der Waals surface area contributed by atoms with Crippen molar-refractivity contribution in [2.45, 2.75) is 59.7 Å². The predicted molar refractivity (Wildman–Crippen MR) is 75.9 cm³/mol. The number of aryl methyl sites for hydroxylation is 3. The van der Waals surface area contributed by atoms with Gasteiger partial charge in [-0.15, -0.1) is 0 Å². The third kappa shape index (κ3) is 2.93. The van der Waals surface area contributed by atoms with Gasteiger partial charge in [0.2, 0.25) is 0 Å². The molecule has 0 heterocycles. The molecule has 2 unspecified atom stereocenters. The van der Waals surface area contributed by atoms with E-state index in [1.165, 1.54) is 11.1 Å². The molecule has 0 fully saturated rings. The summed E-state index contributed by atoms with van der Waals surface area (Å²) in [5, 5.41) is 10.6. The largest absolute Gasteiger partial charge is 0.385 e. The SMILES string of the molecule is CCOC(C)(CC)C(O)c1cc(C)c(C)cc1C. The fraction of sp³-hybridized carbons (Fsp3) is 0.625. The summed E-state index contributed by atoms with van der Waals surface area (Å²) in [4.78, 5) is 0. The molecule has 0 aromatic heterocycles. The maximum atomic E-state index is 10.6. The molecule has 0 aliphatic heterocycles. The first kappa shape index (κ1) is 15.2. The second kappa shape index (κ2) is 5.85. The number of aliphatic hydroxyl groups is 1. The van der Waals surface area contributed by atoms with Crippen molar-refractivity contribution in [2.75, 3.05) is 6.61 Å². The van der Waals surface area contributed by atoms with Crippen LogP contribution in [0.2, 0.25) is 0 Å². The normalized spacial score (nSPS) is 16.4. The molecule has 0 amide bonds. The van der Waals surface area contributed by atoms with E-state index in [9.17, 15) is 5.11 Å². The van der Waals surface area contributed by atoms with E-state index >= 15 is 0 Å². The summed E-state index contributed by atoms with van der Waals surface area (Å²) in [6, 6.07) is 4.22. The van der Waals surface area contributed by atoms with Crippen LogP contribution in [0.25, 0.3) is 0 Å². The van der Waals surface area contributed by atoms with Gasteiger partial charge >= 0.3 is 0 Å². The highest BCUT2D eigenvalue weighted by molar-refractivity contribution is 5.38. The quantitative estimate of drug-likeness (QED) is 0.860. The van der Waals surface area contributed by atoms with Crippen LogP contribution in [-0.2, 0) is 4.74 Å². The van der Waals surface area contributed by atoms with Gasteiger partial charge in [-0.3, -0.25) is 0 Å². The van der Waals surface area contributed by atoms with Crippen molar-refractivity contribution in [3.05, 3.63) is 34.4 Å². The van der Waals surface area contributed by atoms with Gasteiger partial charge in [0.25, 0.3) is 0 Å². The summed E-state index contributed by atoms with van der Waals surface area (Å²) < 4.78 is 5.77. The summed E-state index contributed by atoms with van der Waals surface area (Å²) in [6.45, 7) is 12.8. The highest BCUT2D eigenvalue weighted by Gasteiger charge is 2.33. The van der Waals surface area contributed by atoms with E-state index in [1.807, 2.05) is 20.8 Å². The summed E-state index contributed by atoms with van der Waals surface area (Å²) in [6.07, 6.45) is 0.204. The second-order valence-electron chi connectivity index (χ2n) is 5.29. The lowest BCUT2D eigenvalue weighted by molar-refractivity contribution is -0.113. The minimum atomic E-state index is -0.582. The molecule has 0 spiro atoms. The smallest absolute Gasteiger partial charge is 0.108 e. The van der Waals surface area contributed by atoms with Crippen LogP contribution >= 0.6 is 0 Å². The Balaban J connectivity index is 3.16. The molecule has 1 rings (SSSR count). The molecule has 18 heavy (non-hydrogen) atoms. The zero-order valence-electron chi connectivity index (χ0n) is 12.5. The van der Waals surface area contributed by atoms with Crippen molar-refractivity contribution in [3.63, 3.8) is 0 Å². The zero-order valence-corrected chi connectivity index (χ0v) is 12.5. The van der Waals surface area contributed by atoms with Gasteiger partial charge < -0.3 is 9.84 Å². The van der Waals surface area contributed by atoms with Gasteiger partial charge in [-0.25, -0.2) is 0 Å². The summed E-state index contributed by atoms with van der Waals surface area (Å²) in [5.41, 5.74) is 4.07. The number of hydrogen-bond acceptors (Lipinski definition) is 2. The zero-order chi connectivity index (χ0) is 13.9. The van der Waals surface area contributed by atoms with Crippen LogP contribution in [0.5, 0.6) is 0 Å². The minimum absolute atomic E-state index is 0.513. The first-order valence-electron chi connectivity index (χ1n) is 6.75. The number of rotatable bonds is 5. The summed E-state index contributed by atoms with van der Waals surface area (Å²) in [7, 11) is 0. The predicted octanol–water partition coefficient (Wildman–Crippen LogP) is 3.85. The van der Waals surface area contributed by atoms with E-state index < -0.39 is 11.7 Å². The number of aliphatic hydroxyl groups excluding tert-OH is 1. The van der Waals surface area contributed by atoms with Crippen LogP contribution in [-0.4, -0.2) is 17.3 Å². The Morgan fingerprint density at radius 1 is 1.11 bits per heavy atom. The van der Waals surface area contributed by atoms with Gasteiger partial charge in [-0.05, 0) is 63.3 Å². The molecule has 2 heteroatoms. The van der Waals surface area contributed by atoms with Gasteiger partial charge in [0.1, 0.15) is 6.10 Å². The van der Waals surface area contributed by atoms with Crippen molar-refractivity contribution in [1.29, 1.82) is 0 Å². The van der Waals surface area contributed by atoms with Crippen LogP contribution in [0, 0.1) is 20.8 Å². The molecule has 1 aromatic rings. The van der Waals surface area contributed by atoms with Crippen LogP contribution in [0.1, 0.15) is 55.5 Å². The molecule has 0 bridgehead atoms. The number of benzene rings is 1. The Hall–Kier alpha value is -0.860. The van der Waals surface area contributed by atoms with E-state index in [0.717, 1.165) is 17.5 Å². The maximum Gasteiger partial charge on any atom is 0.108 e. The summed E-state index contributed by atoms with van der Waals surface area (Å²) >= 11 is 0. The van der Waals surface area contributed by atoms with E-state index in [1.54, 1.807) is 0 Å². The topological polar surface area (TPSA) is 29.5 Å². The molecule has 1 aromatic carbocycles. The third-order valence-corrected chi connectivity index (χ3v) is 3.93. The molecule has 0 aliphatic rings. The summed E-state index contributed by atoms with van der Waals surface area (Å²) in [5.74, 6) is 0. The van der Waals surface area contributed by atoms with Gasteiger partial charge in [0.05, 0.1) is 5.60 Å². The van der Waals surface area contributed by atoms with E-state index in [0.29, 0.717) is 6.61 Å². The van der Waals surface area contributed by atoms with E-state index in [2.05, 4.69) is 32.9 Å². The Morgan fingerprint density at radius 2 is 1.67 bits per heavy atom. The molecule has 0 aliphatic carbocycles. The average molecular weight is 250 g/mol. The van der Waals surface area contributed by atoms with Crippen molar-refractivity contribution < 1.29 is 9.84 Å². The van der Waals surface area contributed by atoms with Crippen LogP contribution in [0.15, 0.2) is 12.1 Å². The molecular weight excluding hydrogens is 224 g/mol. The Morgan fingerprint density at radius 3 is 2.17 bits per heavy atom. The van der Waals surface area contributed by atoms with E-state index in [4.69, 9.17) is 4.74 Å². The minimum Gasteiger partial charge on any atom is -0.385 e. The van der Waals surface area contributed by atoms with E-state index in [-0.39, 0.29) is 0 Å². The highest BCUT2D eigenvalue weighted by atomic mass is 16.5. The lowest BCUT2D eigenvalue weighted by Crippen LogP contribution is -2.36. The number of ether oxygens (including phenoxy) is 1. The highest BCUT2D eigenvalue weighted by Crippen LogP contribution is 2.34.